The molecule has 4 nitrogen and oxygen atoms in total. The van der Waals surface area contributed by atoms with E-state index in [1.54, 1.807) is 12.1 Å². The van der Waals surface area contributed by atoms with Gasteiger partial charge in [-0.1, -0.05) is 18.2 Å². The normalized spacial score (nSPS) is 16.5. The van der Waals surface area contributed by atoms with E-state index in [1.807, 2.05) is 18.2 Å². The first kappa shape index (κ1) is 13.7. The van der Waals surface area contributed by atoms with Crippen molar-refractivity contribution in [2.75, 3.05) is 13.1 Å². The van der Waals surface area contributed by atoms with Crippen molar-refractivity contribution in [1.29, 1.82) is 0 Å². The van der Waals surface area contributed by atoms with Crippen molar-refractivity contribution < 1.29 is 4.79 Å². The van der Waals surface area contributed by atoms with Crippen LogP contribution in [0.2, 0.25) is 0 Å². The highest BCUT2D eigenvalue weighted by atomic mass is 16.2. The molecule has 2 rings (SSSR count). The first-order valence-electron chi connectivity index (χ1n) is 6.81. The van der Waals surface area contributed by atoms with Crippen LogP contribution in [0.5, 0.6) is 0 Å². The van der Waals surface area contributed by atoms with E-state index in [4.69, 9.17) is 0 Å². The van der Waals surface area contributed by atoms with Gasteiger partial charge < -0.3 is 4.90 Å². The summed E-state index contributed by atoms with van der Waals surface area (Å²) in [5.74, 6) is -0.139. The second kappa shape index (κ2) is 6.48. The van der Waals surface area contributed by atoms with Crippen molar-refractivity contribution >= 4 is 11.6 Å². The van der Waals surface area contributed by atoms with Crippen LogP contribution in [0.25, 0.3) is 0 Å². The minimum Gasteiger partial charge on any atom is -0.300 e. The van der Waals surface area contributed by atoms with Gasteiger partial charge in [0.1, 0.15) is 0 Å². The van der Waals surface area contributed by atoms with Crippen LogP contribution < -0.4 is 5.43 Å². The Morgan fingerprint density at radius 1 is 1.21 bits per heavy atom. The number of nitrogens with zero attached hydrogens (tertiary/aromatic N) is 2. The molecular formula is C15H21N3O. The maximum Gasteiger partial charge on any atom is 0.271 e. The molecule has 1 aliphatic rings. The molecule has 19 heavy (non-hydrogen) atoms. The largest absolute Gasteiger partial charge is 0.300 e. The first-order valence-corrected chi connectivity index (χ1v) is 6.81. The predicted molar refractivity (Wildman–Crippen MR) is 77.3 cm³/mol. The van der Waals surface area contributed by atoms with E-state index in [-0.39, 0.29) is 5.91 Å². The van der Waals surface area contributed by atoms with Gasteiger partial charge >= 0.3 is 0 Å². The highest BCUT2D eigenvalue weighted by molar-refractivity contribution is 5.95. The fraction of sp³-hybridized carbons (Fsp3) is 0.467. The Labute approximate surface area is 114 Å². The Hall–Kier alpha value is -1.68. The number of nitrogens with one attached hydrogen (secondary N) is 1. The minimum absolute atomic E-state index is 0.139. The minimum atomic E-state index is -0.139. The molecule has 0 bridgehead atoms. The molecule has 1 aromatic carbocycles. The lowest BCUT2D eigenvalue weighted by Crippen LogP contribution is -2.39. The summed E-state index contributed by atoms with van der Waals surface area (Å²) < 4.78 is 0. The number of hydrogen-bond donors (Lipinski definition) is 1. The maximum atomic E-state index is 11.8. The first-order chi connectivity index (χ1) is 9.16. The Kier molecular flexibility index (Phi) is 4.68. The fourth-order valence-electron chi connectivity index (χ4n) is 2.19. The van der Waals surface area contributed by atoms with Gasteiger partial charge in [0.25, 0.3) is 5.91 Å². The van der Waals surface area contributed by atoms with Crippen LogP contribution in [-0.4, -0.2) is 35.7 Å². The SMILES string of the molecule is CC(C)N1CCC(=NNC(=O)c2ccccc2)CC1. The van der Waals surface area contributed by atoms with E-state index in [0.717, 1.165) is 31.6 Å². The van der Waals surface area contributed by atoms with E-state index in [0.29, 0.717) is 11.6 Å². The molecule has 0 unspecified atom stereocenters. The summed E-state index contributed by atoms with van der Waals surface area (Å²) in [4.78, 5) is 14.3. The van der Waals surface area contributed by atoms with Gasteiger partial charge in [-0.15, -0.1) is 0 Å². The lowest BCUT2D eigenvalue weighted by Gasteiger charge is -2.30. The maximum absolute atomic E-state index is 11.8. The molecule has 0 aliphatic carbocycles. The lowest BCUT2D eigenvalue weighted by atomic mass is 10.1. The molecule has 4 heteroatoms. The number of rotatable bonds is 3. The second-order valence-corrected chi connectivity index (χ2v) is 5.11. The molecule has 0 saturated carbocycles. The molecule has 1 amide bonds. The summed E-state index contributed by atoms with van der Waals surface area (Å²) in [6.45, 7) is 6.47. The molecule has 1 saturated heterocycles. The summed E-state index contributed by atoms with van der Waals surface area (Å²) >= 11 is 0. The molecule has 0 atom stereocenters. The number of hydrogen-bond acceptors (Lipinski definition) is 3. The monoisotopic (exact) mass is 259 g/mol. The number of carbonyl (C=O) groups excluding carboxylic acids is 1. The van der Waals surface area contributed by atoms with E-state index in [1.165, 1.54) is 0 Å². The number of piperidine rings is 1. The third-order valence-electron chi connectivity index (χ3n) is 3.46. The standard InChI is InChI=1S/C15H21N3O/c1-12(2)18-10-8-14(9-11-18)16-17-15(19)13-6-4-3-5-7-13/h3-7,12H,8-11H2,1-2H3,(H,17,19). The van der Waals surface area contributed by atoms with Crippen LogP contribution in [-0.2, 0) is 0 Å². The predicted octanol–water partition coefficient (Wildman–Crippen LogP) is 2.28. The van der Waals surface area contributed by atoms with E-state index in [2.05, 4.69) is 29.3 Å². The molecule has 102 valence electrons. The van der Waals surface area contributed by atoms with Crippen molar-refractivity contribution in [2.45, 2.75) is 32.7 Å². The van der Waals surface area contributed by atoms with Crippen LogP contribution >= 0.6 is 0 Å². The molecular weight excluding hydrogens is 238 g/mol. The van der Waals surface area contributed by atoms with Gasteiger partial charge in [-0.3, -0.25) is 4.79 Å². The third-order valence-corrected chi connectivity index (χ3v) is 3.46. The highest BCUT2D eigenvalue weighted by Gasteiger charge is 2.17. The zero-order chi connectivity index (χ0) is 13.7. The molecule has 0 radical (unpaired) electrons. The number of hydrazone groups is 1. The van der Waals surface area contributed by atoms with Crippen LogP contribution in [0, 0.1) is 0 Å². The Morgan fingerprint density at radius 3 is 2.42 bits per heavy atom. The van der Waals surface area contributed by atoms with Gasteiger partial charge in [-0.25, -0.2) is 5.43 Å². The van der Waals surface area contributed by atoms with Gasteiger partial charge in [0.05, 0.1) is 0 Å². The molecule has 1 N–H and O–H groups in total. The average Bonchev–Trinajstić information content (AvgIpc) is 2.46. The van der Waals surface area contributed by atoms with E-state index < -0.39 is 0 Å². The number of amides is 1. The summed E-state index contributed by atoms with van der Waals surface area (Å²) in [6, 6.07) is 9.75. The smallest absolute Gasteiger partial charge is 0.271 e. The number of likely N-dealkylation sites (tertiary alicyclic amines) is 1. The zero-order valence-electron chi connectivity index (χ0n) is 11.6. The van der Waals surface area contributed by atoms with Crippen LogP contribution in [0.3, 0.4) is 0 Å². The van der Waals surface area contributed by atoms with Crippen LogP contribution in [0.15, 0.2) is 35.4 Å². The Morgan fingerprint density at radius 2 is 1.84 bits per heavy atom. The van der Waals surface area contributed by atoms with Crippen molar-refractivity contribution in [3.63, 3.8) is 0 Å². The quantitative estimate of drug-likeness (QED) is 0.846. The van der Waals surface area contributed by atoms with Gasteiger partial charge in [0, 0.05) is 43.2 Å². The second-order valence-electron chi connectivity index (χ2n) is 5.11. The van der Waals surface area contributed by atoms with Crippen molar-refractivity contribution in [3.8, 4) is 0 Å². The highest BCUT2D eigenvalue weighted by Crippen LogP contribution is 2.10. The lowest BCUT2D eigenvalue weighted by molar-refractivity contribution is 0.0954. The average molecular weight is 259 g/mol. The van der Waals surface area contributed by atoms with Crippen molar-refractivity contribution in [2.24, 2.45) is 5.10 Å². The summed E-state index contributed by atoms with van der Waals surface area (Å²) in [6.07, 6.45) is 1.88. The Balaban J connectivity index is 1.85. The Bertz CT molecular complexity index is 444. The van der Waals surface area contributed by atoms with E-state index >= 15 is 0 Å². The number of benzene rings is 1. The molecule has 1 aliphatic heterocycles. The van der Waals surface area contributed by atoms with Gasteiger partial charge in [-0.2, -0.15) is 5.10 Å². The van der Waals surface area contributed by atoms with Crippen LogP contribution in [0.1, 0.15) is 37.0 Å². The van der Waals surface area contributed by atoms with Gasteiger partial charge in [0.2, 0.25) is 0 Å². The molecule has 0 spiro atoms. The van der Waals surface area contributed by atoms with Crippen LogP contribution in [0.4, 0.5) is 0 Å². The molecule has 0 aromatic heterocycles. The zero-order valence-corrected chi connectivity index (χ0v) is 11.6. The number of carbonyl (C=O) groups is 1. The fourth-order valence-corrected chi connectivity index (χ4v) is 2.19. The van der Waals surface area contributed by atoms with Gasteiger partial charge in [0.15, 0.2) is 0 Å². The topological polar surface area (TPSA) is 44.7 Å². The van der Waals surface area contributed by atoms with E-state index in [9.17, 15) is 4.79 Å². The van der Waals surface area contributed by atoms with Gasteiger partial charge in [-0.05, 0) is 26.0 Å². The summed E-state index contributed by atoms with van der Waals surface area (Å²) in [7, 11) is 0. The third kappa shape index (κ3) is 3.89. The molecule has 1 heterocycles. The molecule has 1 fully saturated rings. The van der Waals surface area contributed by atoms with Crippen molar-refractivity contribution in [3.05, 3.63) is 35.9 Å². The molecule has 1 aromatic rings. The summed E-state index contributed by atoms with van der Waals surface area (Å²) in [5.41, 5.74) is 4.37. The van der Waals surface area contributed by atoms with Crippen molar-refractivity contribution in [1.82, 2.24) is 10.3 Å². The summed E-state index contributed by atoms with van der Waals surface area (Å²) in [5, 5.41) is 4.24.